The van der Waals surface area contributed by atoms with Crippen LogP contribution >= 0.6 is 0 Å². The molecule has 2 aromatic rings. The number of nitrogens with one attached hydrogen (secondary N) is 1. The second kappa shape index (κ2) is 4.95. The number of anilines is 1. The number of aromatic nitrogens is 1. The van der Waals surface area contributed by atoms with Crippen molar-refractivity contribution >= 4 is 5.69 Å². The van der Waals surface area contributed by atoms with E-state index in [1.807, 2.05) is 29.9 Å². The summed E-state index contributed by atoms with van der Waals surface area (Å²) < 4.78 is 7.37. The molecule has 0 aliphatic carbocycles. The lowest BCUT2D eigenvalue weighted by Gasteiger charge is -2.11. The minimum atomic E-state index is 0.806. The van der Waals surface area contributed by atoms with Crippen LogP contribution in [0.5, 0.6) is 5.75 Å². The van der Waals surface area contributed by atoms with Gasteiger partial charge in [-0.1, -0.05) is 6.07 Å². The Hall–Kier alpha value is -1.90. The molecule has 0 atom stereocenters. The molecule has 90 valence electrons. The van der Waals surface area contributed by atoms with E-state index in [0.717, 1.165) is 18.0 Å². The molecule has 0 fully saturated rings. The van der Waals surface area contributed by atoms with Crippen LogP contribution < -0.4 is 10.1 Å². The number of benzene rings is 1. The van der Waals surface area contributed by atoms with E-state index < -0.39 is 0 Å². The number of ether oxygens (including phenoxy) is 1. The van der Waals surface area contributed by atoms with Gasteiger partial charge in [0.2, 0.25) is 0 Å². The van der Waals surface area contributed by atoms with E-state index in [-0.39, 0.29) is 0 Å². The van der Waals surface area contributed by atoms with E-state index in [4.69, 9.17) is 4.74 Å². The molecule has 1 aromatic carbocycles. The van der Waals surface area contributed by atoms with E-state index in [2.05, 4.69) is 30.6 Å². The summed E-state index contributed by atoms with van der Waals surface area (Å²) in [5, 5.41) is 3.40. The molecule has 0 unspecified atom stereocenters. The highest BCUT2D eigenvalue weighted by atomic mass is 16.5. The predicted octanol–water partition coefficient (Wildman–Crippen LogP) is 2.95. The van der Waals surface area contributed by atoms with Gasteiger partial charge < -0.3 is 14.6 Å². The summed E-state index contributed by atoms with van der Waals surface area (Å²) in [4.78, 5) is 0. The van der Waals surface area contributed by atoms with Crippen molar-refractivity contribution < 1.29 is 4.74 Å². The van der Waals surface area contributed by atoms with Gasteiger partial charge in [-0.25, -0.2) is 0 Å². The smallest absolute Gasteiger partial charge is 0.141 e. The minimum absolute atomic E-state index is 0.806. The van der Waals surface area contributed by atoms with E-state index in [9.17, 15) is 0 Å². The molecule has 1 N–H and O–H groups in total. The molecule has 17 heavy (non-hydrogen) atoms. The number of nitrogens with zero attached hydrogens (tertiary/aromatic N) is 1. The predicted molar refractivity (Wildman–Crippen MR) is 70.5 cm³/mol. The van der Waals surface area contributed by atoms with Crippen molar-refractivity contribution in [3.8, 4) is 5.75 Å². The summed E-state index contributed by atoms with van der Waals surface area (Å²) in [6.07, 6.45) is 4.15. The molecule has 0 saturated carbocycles. The molecule has 0 saturated heterocycles. The Labute approximate surface area is 102 Å². The van der Waals surface area contributed by atoms with Crippen molar-refractivity contribution in [1.29, 1.82) is 0 Å². The molecule has 0 aliphatic rings. The first kappa shape index (κ1) is 11.6. The van der Waals surface area contributed by atoms with Crippen molar-refractivity contribution in [3.05, 3.63) is 47.8 Å². The highest BCUT2D eigenvalue weighted by Gasteiger charge is 2.03. The highest BCUT2D eigenvalue weighted by Crippen LogP contribution is 2.25. The first-order chi connectivity index (χ1) is 8.19. The molecular weight excluding hydrogens is 212 g/mol. The zero-order valence-corrected chi connectivity index (χ0v) is 10.5. The van der Waals surface area contributed by atoms with Gasteiger partial charge in [-0.15, -0.1) is 0 Å². The molecule has 3 nitrogen and oxygen atoms in total. The average molecular weight is 230 g/mol. The van der Waals surface area contributed by atoms with Gasteiger partial charge in [0.1, 0.15) is 5.75 Å². The molecule has 1 heterocycles. The Morgan fingerprint density at radius 1 is 1.29 bits per heavy atom. The molecule has 0 aliphatic heterocycles. The lowest BCUT2D eigenvalue weighted by Crippen LogP contribution is -2.01. The topological polar surface area (TPSA) is 26.2 Å². The van der Waals surface area contributed by atoms with Crippen LogP contribution in [0.3, 0.4) is 0 Å². The van der Waals surface area contributed by atoms with Crippen LogP contribution in [0, 0.1) is 6.92 Å². The Balaban J connectivity index is 2.10. The molecule has 0 bridgehead atoms. The van der Waals surface area contributed by atoms with Crippen molar-refractivity contribution in [2.75, 3.05) is 12.4 Å². The average Bonchev–Trinajstić information content (AvgIpc) is 2.73. The number of hydrogen-bond acceptors (Lipinski definition) is 2. The quantitative estimate of drug-likeness (QED) is 0.874. The zero-order chi connectivity index (χ0) is 12.3. The minimum Gasteiger partial charge on any atom is -0.495 e. The molecule has 1 aromatic heterocycles. The van der Waals surface area contributed by atoms with E-state index >= 15 is 0 Å². The van der Waals surface area contributed by atoms with Gasteiger partial charge in [0.25, 0.3) is 0 Å². The lowest BCUT2D eigenvalue weighted by molar-refractivity contribution is 0.416. The van der Waals surface area contributed by atoms with Gasteiger partial charge in [0, 0.05) is 26.0 Å². The van der Waals surface area contributed by atoms with Crippen LogP contribution in [-0.4, -0.2) is 11.7 Å². The molecule has 2 rings (SSSR count). The van der Waals surface area contributed by atoms with Crippen LogP contribution in [-0.2, 0) is 13.6 Å². The van der Waals surface area contributed by atoms with Gasteiger partial charge in [-0.05, 0) is 36.2 Å². The van der Waals surface area contributed by atoms with E-state index in [0.29, 0.717) is 0 Å². The van der Waals surface area contributed by atoms with E-state index in [1.54, 1.807) is 7.11 Å². The summed E-state index contributed by atoms with van der Waals surface area (Å²) in [6, 6.07) is 8.24. The largest absolute Gasteiger partial charge is 0.495 e. The first-order valence-electron chi connectivity index (χ1n) is 5.68. The Bertz CT molecular complexity index is 503. The van der Waals surface area contributed by atoms with E-state index in [1.165, 1.54) is 11.1 Å². The van der Waals surface area contributed by atoms with Crippen LogP contribution in [0.2, 0.25) is 0 Å². The maximum Gasteiger partial charge on any atom is 0.141 e. The van der Waals surface area contributed by atoms with Gasteiger partial charge >= 0.3 is 0 Å². The summed E-state index contributed by atoms with van der Waals surface area (Å²) >= 11 is 0. The third kappa shape index (κ3) is 2.81. The van der Waals surface area contributed by atoms with Gasteiger partial charge in [0.05, 0.1) is 12.8 Å². The Kier molecular flexibility index (Phi) is 3.38. The van der Waals surface area contributed by atoms with Crippen LogP contribution in [0.25, 0.3) is 0 Å². The van der Waals surface area contributed by atoms with Gasteiger partial charge in [0.15, 0.2) is 0 Å². The van der Waals surface area contributed by atoms with Crippen molar-refractivity contribution in [1.82, 2.24) is 4.57 Å². The number of methoxy groups -OCH3 is 1. The van der Waals surface area contributed by atoms with Crippen molar-refractivity contribution in [2.24, 2.45) is 7.05 Å². The molecule has 0 amide bonds. The number of aryl methyl sites for hydroxylation is 2. The summed E-state index contributed by atoms with van der Waals surface area (Å²) in [5.74, 6) is 0.881. The lowest BCUT2D eigenvalue weighted by atomic mass is 10.2. The van der Waals surface area contributed by atoms with Crippen molar-refractivity contribution in [3.63, 3.8) is 0 Å². The van der Waals surface area contributed by atoms with Crippen LogP contribution in [0.15, 0.2) is 36.7 Å². The normalized spacial score (nSPS) is 10.3. The van der Waals surface area contributed by atoms with Crippen LogP contribution in [0.1, 0.15) is 11.1 Å². The van der Waals surface area contributed by atoms with Gasteiger partial charge in [-0.3, -0.25) is 0 Å². The summed E-state index contributed by atoms with van der Waals surface area (Å²) in [7, 11) is 3.72. The fourth-order valence-corrected chi connectivity index (χ4v) is 1.82. The Morgan fingerprint density at radius 3 is 2.76 bits per heavy atom. The standard InChI is InChI=1S/C14H18N2O/c1-11-4-5-14(17-3)13(8-11)15-9-12-6-7-16(2)10-12/h4-8,10,15H,9H2,1-3H3. The number of rotatable bonds is 4. The second-order valence-corrected chi connectivity index (χ2v) is 4.24. The molecule has 0 radical (unpaired) electrons. The third-order valence-electron chi connectivity index (χ3n) is 2.73. The maximum absolute atomic E-state index is 5.33. The second-order valence-electron chi connectivity index (χ2n) is 4.24. The fraction of sp³-hybridized carbons (Fsp3) is 0.286. The molecule has 3 heteroatoms. The third-order valence-corrected chi connectivity index (χ3v) is 2.73. The number of hydrogen-bond donors (Lipinski definition) is 1. The highest BCUT2D eigenvalue weighted by molar-refractivity contribution is 5.58. The SMILES string of the molecule is COc1ccc(C)cc1NCc1ccn(C)c1. The zero-order valence-electron chi connectivity index (χ0n) is 10.5. The monoisotopic (exact) mass is 230 g/mol. The van der Waals surface area contributed by atoms with Crippen molar-refractivity contribution in [2.45, 2.75) is 13.5 Å². The molecular formula is C14H18N2O. The summed E-state index contributed by atoms with van der Waals surface area (Å²) in [5.41, 5.74) is 3.52. The first-order valence-corrected chi connectivity index (χ1v) is 5.68. The Morgan fingerprint density at radius 2 is 2.12 bits per heavy atom. The van der Waals surface area contributed by atoms with Crippen LogP contribution in [0.4, 0.5) is 5.69 Å². The molecule has 0 spiro atoms. The van der Waals surface area contributed by atoms with Gasteiger partial charge in [-0.2, -0.15) is 0 Å². The maximum atomic E-state index is 5.33. The summed E-state index contributed by atoms with van der Waals surface area (Å²) in [6.45, 7) is 2.88. The fourth-order valence-electron chi connectivity index (χ4n) is 1.82.